The van der Waals surface area contributed by atoms with Gasteiger partial charge in [-0.05, 0) is 25.1 Å². The molecule has 19 heavy (non-hydrogen) atoms. The summed E-state index contributed by atoms with van der Waals surface area (Å²) in [6, 6.07) is 5.19. The van der Waals surface area contributed by atoms with Gasteiger partial charge in [0.25, 0.3) is 0 Å². The number of alkyl halides is 1. The Hall–Kier alpha value is -0.790. The summed E-state index contributed by atoms with van der Waals surface area (Å²) in [5.74, 6) is 0.680. The number of anilines is 1. The molecule has 0 amide bonds. The molecule has 1 aromatic rings. The maximum atomic E-state index is 11.7. The lowest BCUT2D eigenvalue weighted by Gasteiger charge is -2.12. The van der Waals surface area contributed by atoms with Crippen molar-refractivity contribution in [2.75, 3.05) is 30.8 Å². The normalized spacial score (nSPS) is 11.3. The molecule has 108 valence electrons. The third-order valence-electron chi connectivity index (χ3n) is 2.33. The quantitative estimate of drug-likeness (QED) is 0.730. The van der Waals surface area contributed by atoms with Crippen molar-refractivity contribution in [3.05, 3.63) is 23.8 Å². The molecular weight excluding hydrogens is 334 g/mol. The predicted octanol–water partition coefficient (Wildman–Crippen LogP) is 2.37. The van der Waals surface area contributed by atoms with Crippen molar-refractivity contribution in [3.63, 3.8) is 0 Å². The monoisotopic (exact) mass is 351 g/mol. The minimum atomic E-state index is -3.38. The van der Waals surface area contributed by atoms with E-state index in [1.54, 1.807) is 18.2 Å². The van der Waals surface area contributed by atoms with Gasteiger partial charge in [0.15, 0.2) is 0 Å². The van der Waals surface area contributed by atoms with Crippen LogP contribution in [0.25, 0.3) is 0 Å². The Kier molecular flexibility index (Phi) is 6.60. The second-order valence-electron chi connectivity index (χ2n) is 3.80. The smallest absolute Gasteiger partial charge is 0.234 e. The van der Waals surface area contributed by atoms with E-state index in [-0.39, 0.29) is 12.4 Å². The van der Waals surface area contributed by atoms with Crippen molar-refractivity contribution in [2.45, 2.75) is 12.3 Å². The van der Waals surface area contributed by atoms with Crippen LogP contribution in [0.15, 0.2) is 18.2 Å². The van der Waals surface area contributed by atoms with Gasteiger partial charge >= 0.3 is 0 Å². The SMILES string of the molecule is CCOc1ccc(NS(=O)(=O)CCOC)cc1CBr. The summed E-state index contributed by atoms with van der Waals surface area (Å²) in [5, 5.41) is 0.593. The highest BCUT2D eigenvalue weighted by molar-refractivity contribution is 9.08. The van der Waals surface area contributed by atoms with E-state index in [4.69, 9.17) is 9.47 Å². The minimum absolute atomic E-state index is 0.0691. The zero-order valence-electron chi connectivity index (χ0n) is 11.0. The van der Waals surface area contributed by atoms with Crippen molar-refractivity contribution < 1.29 is 17.9 Å². The largest absolute Gasteiger partial charge is 0.494 e. The number of hydrogen-bond acceptors (Lipinski definition) is 4. The Morgan fingerprint density at radius 1 is 1.37 bits per heavy atom. The molecule has 1 N–H and O–H groups in total. The summed E-state index contributed by atoms with van der Waals surface area (Å²) in [6.07, 6.45) is 0. The van der Waals surface area contributed by atoms with E-state index in [1.165, 1.54) is 7.11 Å². The van der Waals surface area contributed by atoms with Gasteiger partial charge in [0, 0.05) is 23.7 Å². The Morgan fingerprint density at radius 2 is 2.11 bits per heavy atom. The van der Waals surface area contributed by atoms with Gasteiger partial charge in [0.1, 0.15) is 5.75 Å². The lowest BCUT2D eigenvalue weighted by atomic mass is 10.2. The zero-order chi connectivity index (χ0) is 14.3. The first kappa shape index (κ1) is 16.3. The Balaban J connectivity index is 2.85. The van der Waals surface area contributed by atoms with Crippen molar-refractivity contribution in [1.82, 2.24) is 0 Å². The number of nitrogens with one attached hydrogen (secondary N) is 1. The molecule has 0 aliphatic rings. The molecule has 5 nitrogen and oxygen atoms in total. The molecule has 0 saturated carbocycles. The van der Waals surface area contributed by atoms with Crippen molar-refractivity contribution >= 4 is 31.6 Å². The summed E-state index contributed by atoms with van der Waals surface area (Å²) in [7, 11) is -1.91. The highest BCUT2D eigenvalue weighted by Crippen LogP contribution is 2.25. The van der Waals surface area contributed by atoms with Gasteiger partial charge < -0.3 is 9.47 Å². The fourth-order valence-electron chi connectivity index (χ4n) is 1.47. The lowest BCUT2D eigenvalue weighted by molar-refractivity contribution is 0.217. The molecule has 0 spiro atoms. The molecular formula is C12H18BrNO4S. The minimum Gasteiger partial charge on any atom is -0.494 e. The fourth-order valence-corrected chi connectivity index (χ4v) is 2.88. The van der Waals surface area contributed by atoms with E-state index in [2.05, 4.69) is 20.7 Å². The lowest BCUT2D eigenvalue weighted by Crippen LogP contribution is -2.19. The number of rotatable bonds is 8. The molecule has 1 rings (SSSR count). The Labute approximate surface area is 122 Å². The second kappa shape index (κ2) is 7.72. The summed E-state index contributed by atoms with van der Waals surface area (Å²) in [4.78, 5) is 0. The number of halogens is 1. The summed E-state index contributed by atoms with van der Waals surface area (Å²) in [6.45, 7) is 2.63. The van der Waals surface area contributed by atoms with Crippen LogP contribution in [0.5, 0.6) is 5.75 Å². The van der Waals surface area contributed by atoms with E-state index in [0.717, 1.165) is 11.3 Å². The van der Waals surface area contributed by atoms with Gasteiger partial charge in [-0.3, -0.25) is 4.72 Å². The maximum Gasteiger partial charge on any atom is 0.234 e. The van der Waals surface area contributed by atoms with Crippen LogP contribution in [0.1, 0.15) is 12.5 Å². The molecule has 0 radical (unpaired) electrons. The van der Waals surface area contributed by atoms with Gasteiger partial charge in [-0.15, -0.1) is 0 Å². The summed E-state index contributed by atoms with van der Waals surface area (Å²) in [5.41, 5.74) is 1.42. The molecule has 0 aliphatic carbocycles. The van der Waals surface area contributed by atoms with Crippen molar-refractivity contribution in [1.29, 1.82) is 0 Å². The number of ether oxygens (including phenoxy) is 2. The van der Waals surface area contributed by atoms with Gasteiger partial charge in [0.2, 0.25) is 10.0 Å². The van der Waals surface area contributed by atoms with Gasteiger partial charge in [-0.1, -0.05) is 15.9 Å². The molecule has 0 aliphatic heterocycles. The average molecular weight is 352 g/mol. The van der Waals surface area contributed by atoms with Gasteiger partial charge in [0.05, 0.1) is 19.0 Å². The van der Waals surface area contributed by atoms with Crippen LogP contribution >= 0.6 is 15.9 Å². The molecule has 0 bridgehead atoms. The standard InChI is InChI=1S/C12H18BrNO4S/c1-3-18-12-5-4-11(8-10(12)9-13)14-19(15,16)7-6-17-2/h4-5,8,14H,3,6-7,9H2,1-2H3. The van der Waals surface area contributed by atoms with Crippen molar-refractivity contribution in [2.24, 2.45) is 0 Å². The highest BCUT2D eigenvalue weighted by Gasteiger charge is 2.11. The highest BCUT2D eigenvalue weighted by atomic mass is 79.9. The van der Waals surface area contributed by atoms with Gasteiger partial charge in [-0.2, -0.15) is 0 Å². The number of methoxy groups -OCH3 is 1. The van der Waals surface area contributed by atoms with Crippen LogP contribution in [0, 0.1) is 0 Å². The number of sulfonamides is 1. The third kappa shape index (κ3) is 5.38. The summed E-state index contributed by atoms with van der Waals surface area (Å²) < 4.78 is 36.2. The molecule has 0 heterocycles. The van der Waals surface area contributed by atoms with Crippen LogP contribution in [0.4, 0.5) is 5.69 Å². The molecule has 0 unspecified atom stereocenters. The van der Waals surface area contributed by atoms with E-state index in [1.807, 2.05) is 6.92 Å². The summed E-state index contributed by atoms with van der Waals surface area (Å²) >= 11 is 3.36. The van der Waals surface area contributed by atoms with Crippen LogP contribution in [0.3, 0.4) is 0 Å². The molecule has 0 atom stereocenters. The third-order valence-corrected chi connectivity index (χ3v) is 4.19. The number of benzene rings is 1. The van der Waals surface area contributed by atoms with Crippen LogP contribution in [-0.4, -0.2) is 34.5 Å². The molecule has 1 aromatic carbocycles. The molecule has 0 fully saturated rings. The number of hydrogen-bond donors (Lipinski definition) is 1. The van der Waals surface area contributed by atoms with E-state index < -0.39 is 10.0 Å². The second-order valence-corrected chi connectivity index (χ2v) is 6.21. The van der Waals surface area contributed by atoms with Crippen LogP contribution < -0.4 is 9.46 Å². The Morgan fingerprint density at radius 3 is 2.68 bits per heavy atom. The van der Waals surface area contributed by atoms with E-state index in [0.29, 0.717) is 17.6 Å². The van der Waals surface area contributed by atoms with Crippen LogP contribution in [0.2, 0.25) is 0 Å². The van der Waals surface area contributed by atoms with E-state index in [9.17, 15) is 8.42 Å². The topological polar surface area (TPSA) is 64.6 Å². The van der Waals surface area contributed by atoms with Gasteiger partial charge in [-0.25, -0.2) is 8.42 Å². The predicted molar refractivity (Wildman–Crippen MR) is 79.5 cm³/mol. The zero-order valence-corrected chi connectivity index (χ0v) is 13.4. The fraction of sp³-hybridized carbons (Fsp3) is 0.500. The maximum absolute atomic E-state index is 11.7. The average Bonchev–Trinajstić information content (AvgIpc) is 2.38. The first-order valence-electron chi connectivity index (χ1n) is 5.83. The first-order chi connectivity index (χ1) is 9.02. The van der Waals surface area contributed by atoms with Crippen molar-refractivity contribution in [3.8, 4) is 5.75 Å². The molecule has 0 saturated heterocycles. The van der Waals surface area contributed by atoms with Crippen LogP contribution in [-0.2, 0) is 20.1 Å². The Bertz CT molecular complexity index is 504. The molecule has 0 aromatic heterocycles. The first-order valence-corrected chi connectivity index (χ1v) is 8.61. The molecule has 7 heteroatoms. The van der Waals surface area contributed by atoms with E-state index >= 15 is 0 Å².